The van der Waals surface area contributed by atoms with E-state index in [2.05, 4.69) is 0 Å². The van der Waals surface area contributed by atoms with E-state index in [1.807, 2.05) is 6.07 Å². The van der Waals surface area contributed by atoms with Gasteiger partial charge >= 0.3 is 5.97 Å². The van der Waals surface area contributed by atoms with E-state index < -0.39 is 5.97 Å². The highest BCUT2D eigenvalue weighted by atomic mass is 16.6. The zero-order valence-corrected chi connectivity index (χ0v) is 16.1. The smallest absolute Gasteiger partial charge is 0.336 e. The summed E-state index contributed by atoms with van der Waals surface area (Å²) in [6, 6.07) is 10.0. The summed E-state index contributed by atoms with van der Waals surface area (Å²) >= 11 is 0. The second kappa shape index (κ2) is 9.88. The van der Waals surface area contributed by atoms with Crippen LogP contribution in [-0.2, 0) is 4.79 Å². The molecule has 0 bridgehead atoms. The summed E-state index contributed by atoms with van der Waals surface area (Å²) in [7, 11) is 4.54. The SMILES string of the molecule is CCOc1cc(C#N)ccc1OC(=O)/C=C/c1cc(OC)c(OC)c(OC)c1. The molecular formula is C21H21NO6. The van der Waals surface area contributed by atoms with Crippen molar-refractivity contribution in [2.45, 2.75) is 6.92 Å². The lowest BCUT2D eigenvalue weighted by Gasteiger charge is -2.12. The van der Waals surface area contributed by atoms with Crippen LogP contribution in [0.25, 0.3) is 6.08 Å². The number of ether oxygens (including phenoxy) is 5. The maximum absolute atomic E-state index is 12.2. The summed E-state index contributed by atoms with van der Waals surface area (Å²) < 4.78 is 26.6. The van der Waals surface area contributed by atoms with Gasteiger partial charge < -0.3 is 23.7 Å². The monoisotopic (exact) mass is 383 g/mol. The standard InChI is InChI=1S/C21H21NO6/c1-5-27-17-12-15(13-22)6-8-16(17)28-20(23)9-7-14-10-18(24-2)21(26-4)19(11-14)25-3/h6-12H,5H2,1-4H3/b9-7+. The molecule has 2 aromatic carbocycles. The van der Waals surface area contributed by atoms with Crippen LogP contribution in [-0.4, -0.2) is 33.9 Å². The highest BCUT2D eigenvalue weighted by molar-refractivity contribution is 5.89. The molecule has 0 saturated carbocycles. The third kappa shape index (κ3) is 4.95. The zero-order chi connectivity index (χ0) is 20.5. The molecule has 0 aliphatic heterocycles. The molecule has 0 aliphatic carbocycles. The highest BCUT2D eigenvalue weighted by Gasteiger charge is 2.13. The average Bonchev–Trinajstić information content (AvgIpc) is 2.72. The maximum Gasteiger partial charge on any atom is 0.336 e. The van der Waals surface area contributed by atoms with Crippen LogP contribution in [0.5, 0.6) is 28.7 Å². The number of hydrogen-bond donors (Lipinski definition) is 0. The molecular weight excluding hydrogens is 362 g/mol. The fourth-order valence-electron chi connectivity index (χ4n) is 2.43. The molecule has 0 heterocycles. The molecule has 0 unspecified atom stereocenters. The molecule has 0 radical (unpaired) electrons. The van der Waals surface area contributed by atoms with Gasteiger partial charge in [0.25, 0.3) is 0 Å². The van der Waals surface area contributed by atoms with Crippen LogP contribution in [0.3, 0.4) is 0 Å². The van der Waals surface area contributed by atoms with E-state index in [-0.39, 0.29) is 5.75 Å². The molecule has 0 aromatic heterocycles. The lowest BCUT2D eigenvalue weighted by atomic mass is 10.1. The van der Waals surface area contributed by atoms with E-state index in [1.54, 1.807) is 31.2 Å². The van der Waals surface area contributed by atoms with Crippen LogP contribution < -0.4 is 23.7 Å². The molecule has 0 fully saturated rings. The third-order valence-electron chi connectivity index (χ3n) is 3.68. The molecule has 0 aliphatic rings. The summed E-state index contributed by atoms with van der Waals surface area (Å²) in [6.07, 6.45) is 2.84. The second-order valence-corrected chi connectivity index (χ2v) is 5.42. The molecule has 0 spiro atoms. The maximum atomic E-state index is 12.2. The van der Waals surface area contributed by atoms with E-state index in [0.717, 1.165) is 0 Å². The van der Waals surface area contributed by atoms with Gasteiger partial charge in [0, 0.05) is 12.1 Å². The van der Waals surface area contributed by atoms with Gasteiger partial charge in [-0.15, -0.1) is 0 Å². The van der Waals surface area contributed by atoms with Gasteiger partial charge in [-0.25, -0.2) is 4.79 Å². The van der Waals surface area contributed by atoms with Gasteiger partial charge in [0.1, 0.15) is 0 Å². The summed E-state index contributed by atoms with van der Waals surface area (Å²) in [5, 5.41) is 8.98. The van der Waals surface area contributed by atoms with Crippen molar-refractivity contribution in [3.63, 3.8) is 0 Å². The van der Waals surface area contributed by atoms with Crippen molar-refractivity contribution < 1.29 is 28.5 Å². The van der Waals surface area contributed by atoms with Gasteiger partial charge in [-0.1, -0.05) is 0 Å². The lowest BCUT2D eigenvalue weighted by molar-refractivity contribution is -0.129. The van der Waals surface area contributed by atoms with Crippen LogP contribution in [0.2, 0.25) is 0 Å². The quantitative estimate of drug-likeness (QED) is 0.391. The average molecular weight is 383 g/mol. The van der Waals surface area contributed by atoms with E-state index >= 15 is 0 Å². The van der Waals surface area contributed by atoms with Crippen molar-refractivity contribution in [1.82, 2.24) is 0 Å². The number of esters is 1. The molecule has 0 N–H and O–H groups in total. The number of benzene rings is 2. The Balaban J connectivity index is 2.22. The number of nitriles is 1. The topological polar surface area (TPSA) is 87.0 Å². The van der Waals surface area contributed by atoms with Gasteiger partial charge in [-0.05, 0) is 42.8 Å². The van der Waals surface area contributed by atoms with E-state index in [1.165, 1.54) is 39.5 Å². The minimum Gasteiger partial charge on any atom is -0.493 e. The van der Waals surface area contributed by atoms with Gasteiger partial charge in [0.2, 0.25) is 5.75 Å². The summed E-state index contributed by atoms with van der Waals surface area (Å²) in [6.45, 7) is 2.18. The van der Waals surface area contributed by atoms with Gasteiger partial charge in [0.15, 0.2) is 23.0 Å². The Kier molecular flexibility index (Phi) is 7.28. The molecule has 7 nitrogen and oxygen atoms in total. The number of hydrogen-bond acceptors (Lipinski definition) is 7. The second-order valence-electron chi connectivity index (χ2n) is 5.42. The van der Waals surface area contributed by atoms with Crippen molar-refractivity contribution >= 4 is 12.0 Å². The van der Waals surface area contributed by atoms with Crippen molar-refractivity contribution in [2.75, 3.05) is 27.9 Å². The predicted molar refractivity (Wildman–Crippen MR) is 103 cm³/mol. The van der Waals surface area contributed by atoms with Gasteiger partial charge in [-0.3, -0.25) is 0 Å². The van der Waals surface area contributed by atoms with Crippen LogP contribution in [0, 0.1) is 11.3 Å². The van der Waals surface area contributed by atoms with Crippen molar-refractivity contribution in [2.24, 2.45) is 0 Å². The minimum atomic E-state index is -0.598. The lowest BCUT2D eigenvalue weighted by Crippen LogP contribution is -2.06. The summed E-state index contributed by atoms with van der Waals surface area (Å²) in [5.41, 5.74) is 1.08. The molecule has 0 saturated heterocycles. The first kappa shape index (κ1) is 20.6. The van der Waals surface area contributed by atoms with Crippen LogP contribution in [0.1, 0.15) is 18.1 Å². The van der Waals surface area contributed by atoms with E-state index in [4.69, 9.17) is 28.9 Å². The van der Waals surface area contributed by atoms with Crippen LogP contribution in [0.15, 0.2) is 36.4 Å². The Hall–Kier alpha value is -3.66. The molecule has 2 aromatic rings. The Morgan fingerprint density at radius 2 is 1.68 bits per heavy atom. The Bertz CT molecular complexity index is 889. The fourth-order valence-corrected chi connectivity index (χ4v) is 2.43. The van der Waals surface area contributed by atoms with E-state index in [0.29, 0.717) is 40.7 Å². The first-order chi connectivity index (χ1) is 13.6. The first-order valence-electron chi connectivity index (χ1n) is 8.43. The normalized spacial score (nSPS) is 10.2. The van der Waals surface area contributed by atoms with E-state index in [9.17, 15) is 4.79 Å². The molecule has 2 rings (SSSR count). The van der Waals surface area contributed by atoms with Crippen molar-refractivity contribution in [3.05, 3.63) is 47.5 Å². The van der Waals surface area contributed by atoms with Crippen molar-refractivity contribution in [1.29, 1.82) is 5.26 Å². The number of carbonyl (C=O) groups excluding carboxylic acids is 1. The number of carbonyl (C=O) groups is 1. The fraction of sp³-hybridized carbons (Fsp3) is 0.238. The Morgan fingerprint density at radius 3 is 2.21 bits per heavy atom. The predicted octanol–water partition coefficient (Wildman–Crippen LogP) is 3.60. The molecule has 7 heteroatoms. The minimum absolute atomic E-state index is 0.236. The molecule has 0 amide bonds. The van der Waals surface area contributed by atoms with Crippen molar-refractivity contribution in [3.8, 4) is 34.8 Å². The third-order valence-corrected chi connectivity index (χ3v) is 3.68. The largest absolute Gasteiger partial charge is 0.493 e. The molecule has 146 valence electrons. The molecule has 28 heavy (non-hydrogen) atoms. The Morgan fingerprint density at radius 1 is 1.00 bits per heavy atom. The zero-order valence-electron chi connectivity index (χ0n) is 16.1. The first-order valence-corrected chi connectivity index (χ1v) is 8.43. The van der Waals surface area contributed by atoms with Crippen LogP contribution in [0.4, 0.5) is 0 Å². The number of rotatable bonds is 8. The Labute approximate surface area is 163 Å². The number of nitrogens with zero attached hydrogens (tertiary/aromatic N) is 1. The van der Waals surface area contributed by atoms with Crippen LogP contribution >= 0.6 is 0 Å². The van der Waals surface area contributed by atoms with Gasteiger partial charge in [0.05, 0.1) is 39.6 Å². The highest BCUT2D eigenvalue weighted by Crippen LogP contribution is 2.38. The molecule has 0 atom stereocenters. The summed E-state index contributed by atoms with van der Waals surface area (Å²) in [4.78, 5) is 12.2. The summed E-state index contributed by atoms with van der Waals surface area (Å²) in [5.74, 6) is 1.38. The van der Waals surface area contributed by atoms with Gasteiger partial charge in [-0.2, -0.15) is 5.26 Å². The number of methoxy groups -OCH3 is 3.